The minimum absolute atomic E-state index is 0.159. The van der Waals surface area contributed by atoms with Gasteiger partial charge in [0, 0.05) is 14.4 Å². The van der Waals surface area contributed by atoms with E-state index in [1.807, 2.05) is 0 Å². The van der Waals surface area contributed by atoms with Crippen LogP contribution in [-0.2, 0) is 11.8 Å². The monoisotopic (exact) mass is 560 g/mol. The Bertz CT molecular complexity index is 769. The van der Waals surface area contributed by atoms with Crippen molar-refractivity contribution in [3.63, 3.8) is 0 Å². The van der Waals surface area contributed by atoms with Gasteiger partial charge in [0.1, 0.15) is 0 Å². The Balaban J connectivity index is 1.88. The number of halogens is 2. The molecule has 3 rings (SSSR count). The number of rotatable bonds is 14. The van der Waals surface area contributed by atoms with E-state index >= 15 is 0 Å². The molecule has 0 saturated heterocycles. The Morgan fingerprint density at radius 2 is 1.00 bits per heavy atom. The van der Waals surface area contributed by atoms with E-state index in [9.17, 15) is 0 Å². The molecule has 0 atom stereocenters. The Labute approximate surface area is 214 Å². The van der Waals surface area contributed by atoms with E-state index in [4.69, 9.17) is 0 Å². The average Bonchev–Trinajstić information content (AvgIpc) is 2.79. The van der Waals surface area contributed by atoms with Crippen molar-refractivity contribution in [1.82, 2.24) is 0 Å². The van der Waals surface area contributed by atoms with E-state index in [1.165, 1.54) is 98.8 Å². The SMILES string of the molecule is CCCCCCCCC1(CCCCCCCC)c2cc(Br)ccc2Cc2ccc(Br)cc21. The molecule has 0 N–H and O–H groups in total. The molecule has 1 aliphatic rings. The largest absolute Gasteiger partial charge is 0.0654 e. The van der Waals surface area contributed by atoms with Crippen LogP contribution in [0.25, 0.3) is 0 Å². The van der Waals surface area contributed by atoms with Gasteiger partial charge in [0.2, 0.25) is 0 Å². The molecular weight excluding hydrogens is 520 g/mol. The highest BCUT2D eigenvalue weighted by atomic mass is 79.9. The number of hydrogen-bond donors (Lipinski definition) is 0. The summed E-state index contributed by atoms with van der Waals surface area (Å²) in [6.07, 6.45) is 20.0. The van der Waals surface area contributed by atoms with Gasteiger partial charge in [-0.1, -0.05) is 135 Å². The van der Waals surface area contributed by atoms with Crippen molar-refractivity contribution >= 4 is 31.9 Å². The molecule has 0 heterocycles. The molecule has 32 heavy (non-hydrogen) atoms. The second-order valence-corrected chi connectivity index (χ2v) is 11.7. The van der Waals surface area contributed by atoms with Gasteiger partial charge in [-0.3, -0.25) is 0 Å². The Morgan fingerprint density at radius 1 is 0.594 bits per heavy atom. The van der Waals surface area contributed by atoms with Gasteiger partial charge in [0.05, 0.1) is 0 Å². The summed E-state index contributed by atoms with van der Waals surface area (Å²) in [4.78, 5) is 0. The Kier molecular flexibility index (Phi) is 10.8. The maximum atomic E-state index is 3.81. The number of benzene rings is 2. The summed E-state index contributed by atoms with van der Waals surface area (Å²) in [5.41, 5.74) is 6.44. The summed E-state index contributed by atoms with van der Waals surface area (Å²) < 4.78 is 2.45. The molecule has 2 heteroatoms. The van der Waals surface area contributed by atoms with Gasteiger partial charge in [-0.15, -0.1) is 0 Å². The predicted molar refractivity (Wildman–Crippen MR) is 148 cm³/mol. The van der Waals surface area contributed by atoms with Gasteiger partial charge in [-0.2, -0.15) is 0 Å². The van der Waals surface area contributed by atoms with Crippen molar-refractivity contribution in [1.29, 1.82) is 0 Å². The third kappa shape index (κ3) is 6.72. The number of unbranched alkanes of at least 4 members (excludes halogenated alkanes) is 10. The van der Waals surface area contributed by atoms with E-state index < -0.39 is 0 Å². The van der Waals surface area contributed by atoms with Crippen LogP contribution in [0, 0.1) is 0 Å². The third-order valence-corrected chi connectivity index (χ3v) is 8.46. The molecule has 0 radical (unpaired) electrons. The second kappa shape index (κ2) is 13.3. The Morgan fingerprint density at radius 3 is 1.44 bits per heavy atom. The summed E-state index contributed by atoms with van der Waals surface area (Å²) in [6, 6.07) is 14.1. The van der Waals surface area contributed by atoms with Crippen LogP contribution in [0.4, 0.5) is 0 Å². The van der Waals surface area contributed by atoms with Crippen LogP contribution in [0.5, 0.6) is 0 Å². The fraction of sp³-hybridized carbons (Fsp3) is 0.600. The fourth-order valence-electron chi connectivity index (χ4n) is 5.72. The van der Waals surface area contributed by atoms with Crippen LogP contribution in [0.3, 0.4) is 0 Å². The molecule has 0 saturated carbocycles. The molecule has 2 aromatic rings. The van der Waals surface area contributed by atoms with Crippen LogP contribution in [-0.4, -0.2) is 0 Å². The van der Waals surface area contributed by atoms with Gasteiger partial charge in [0.15, 0.2) is 0 Å². The number of fused-ring (bicyclic) bond motifs is 2. The first-order chi connectivity index (χ1) is 15.6. The second-order valence-electron chi connectivity index (χ2n) is 9.90. The lowest BCUT2D eigenvalue weighted by molar-refractivity contribution is 0.381. The molecule has 0 amide bonds. The van der Waals surface area contributed by atoms with E-state index in [1.54, 1.807) is 22.3 Å². The molecule has 176 valence electrons. The minimum Gasteiger partial charge on any atom is -0.0654 e. The van der Waals surface area contributed by atoms with Crippen molar-refractivity contribution < 1.29 is 0 Å². The Hall–Kier alpha value is -0.600. The highest BCUT2D eigenvalue weighted by Crippen LogP contribution is 2.49. The van der Waals surface area contributed by atoms with E-state index in [2.05, 4.69) is 82.1 Å². The zero-order chi connectivity index (χ0) is 22.8. The highest BCUT2D eigenvalue weighted by molar-refractivity contribution is 9.10. The van der Waals surface area contributed by atoms with Crippen molar-refractivity contribution in [2.75, 3.05) is 0 Å². The topological polar surface area (TPSA) is 0 Å². The molecule has 1 aliphatic carbocycles. The van der Waals surface area contributed by atoms with E-state index in [0.29, 0.717) is 0 Å². The van der Waals surface area contributed by atoms with Crippen molar-refractivity contribution in [3.05, 3.63) is 67.6 Å². The smallest absolute Gasteiger partial charge is 0.0209 e. The summed E-state index contributed by atoms with van der Waals surface area (Å²) in [5.74, 6) is 0. The molecule has 0 spiro atoms. The first kappa shape index (κ1) is 26.0. The zero-order valence-electron chi connectivity index (χ0n) is 20.3. The summed E-state index contributed by atoms with van der Waals surface area (Å²) >= 11 is 7.62. The summed E-state index contributed by atoms with van der Waals surface area (Å²) in [6.45, 7) is 4.61. The van der Waals surface area contributed by atoms with Gasteiger partial charge >= 0.3 is 0 Å². The van der Waals surface area contributed by atoms with Crippen LogP contribution >= 0.6 is 31.9 Å². The minimum atomic E-state index is 0.159. The van der Waals surface area contributed by atoms with Crippen LogP contribution in [0.2, 0.25) is 0 Å². The summed E-state index contributed by atoms with van der Waals surface area (Å²) in [7, 11) is 0. The lowest BCUT2D eigenvalue weighted by atomic mass is 9.62. The fourth-order valence-corrected chi connectivity index (χ4v) is 6.45. The lowest BCUT2D eigenvalue weighted by Crippen LogP contribution is -2.34. The highest BCUT2D eigenvalue weighted by Gasteiger charge is 2.39. The van der Waals surface area contributed by atoms with Gasteiger partial charge in [-0.25, -0.2) is 0 Å². The number of hydrogen-bond acceptors (Lipinski definition) is 0. The quantitative estimate of drug-likeness (QED) is 0.201. The predicted octanol–water partition coefficient (Wildman–Crippen LogP) is 10.9. The van der Waals surface area contributed by atoms with Crippen LogP contribution in [0.15, 0.2) is 45.3 Å². The molecule has 0 nitrogen and oxygen atoms in total. The lowest BCUT2D eigenvalue weighted by Gasteiger charge is -2.42. The molecular formula is C30H42Br2. The first-order valence-corrected chi connectivity index (χ1v) is 14.8. The first-order valence-electron chi connectivity index (χ1n) is 13.2. The molecule has 0 unspecified atom stereocenters. The average molecular weight is 562 g/mol. The van der Waals surface area contributed by atoms with Crippen molar-refractivity contribution in [2.45, 2.75) is 116 Å². The zero-order valence-corrected chi connectivity index (χ0v) is 23.5. The van der Waals surface area contributed by atoms with E-state index in [0.717, 1.165) is 6.42 Å². The molecule has 2 aromatic carbocycles. The molecule has 0 bridgehead atoms. The molecule has 0 aromatic heterocycles. The van der Waals surface area contributed by atoms with Crippen LogP contribution < -0.4 is 0 Å². The van der Waals surface area contributed by atoms with E-state index in [-0.39, 0.29) is 5.41 Å². The van der Waals surface area contributed by atoms with Crippen molar-refractivity contribution in [3.8, 4) is 0 Å². The van der Waals surface area contributed by atoms with Gasteiger partial charge in [-0.05, 0) is 65.8 Å². The van der Waals surface area contributed by atoms with Gasteiger partial charge in [0.25, 0.3) is 0 Å². The van der Waals surface area contributed by atoms with Crippen molar-refractivity contribution in [2.24, 2.45) is 0 Å². The molecule has 0 fully saturated rings. The molecule has 0 aliphatic heterocycles. The standard InChI is InChI=1S/C30H42Br2/c1-3-5-7-9-11-13-19-30(20-14-12-10-8-6-4-2)28-22-26(31)17-15-24(28)21-25-16-18-27(32)23-29(25)30/h15-18,22-23H,3-14,19-21H2,1-2H3. The normalized spacial score (nSPS) is 14.2. The third-order valence-electron chi connectivity index (χ3n) is 7.47. The van der Waals surface area contributed by atoms with Crippen LogP contribution in [0.1, 0.15) is 126 Å². The maximum Gasteiger partial charge on any atom is 0.0209 e. The maximum absolute atomic E-state index is 3.81. The van der Waals surface area contributed by atoms with Gasteiger partial charge < -0.3 is 0 Å². The summed E-state index contributed by atoms with van der Waals surface area (Å²) in [5, 5.41) is 0.